The predicted octanol–water partition coefficient (Wildman–Crippen LogP) is 2.32. The van der Waals surface area contributed by atoms with Gasteiger partial charge in [-0.2, -0.15) is 23.4 Å². The Morgan fingerprint density at radius 3 is 2.48 bits per heavy atom. The van der Waals surface area contributed by atoms with Gasteiger partial charge in [-0.15, -0.1) is 0 Å². The van der Waals surface area contributed by atoms with Crippen LogP contribution in [0.1, 0.15) is 31.9 Å². The van der Waals surface area contributed by atoms with Crippen LogP contribution in [-0.4, -0.2) is 23.9 Å². The lowest BCUT2D eigenvalue weighted by molar-refractivity contribution is 0.584. The number of benzene rings is 1. The number of hydrazone groups is 1. The summed E-state index contributed by atoms with van der Waals surface area (Å²) in [5, 5.41) is 7.98. The highest BCUT2D eigenvalue weighted by atomic mass is 32.2. The molecule has 0 aliphatic carbocycles. The smallest absolute Gasteiger partial charge is 0.275 e. The van der Waals surface area contributed by atoms with E-state index in [2.05, 4.69) is 28.9 Å². The molecule has 6 nitrogen and oxygen atoms in total. The standard InChI is InChI=1S/C16H22N4O2S/c1-12(2)9-14-5-7-16(8-6-14)23(21,22)19-18-13(3)15-10-17-20(4)11-15/h5-8,10-12,19H,9H2,1-4H3. The van der Waals surface area contributed by atoms with Gasteiger partial charge in [-0.05, 0) is 37.0 Å². The molecule has 1 N–H and O–H groups in total. The van der Waals surface area contributed by atoms with Crippen molar-refractivity contribution in [2.24, 2.45) is 18.1 Å². The molecule has 0 unspecified atom stereocenters. The van der Waals surface area contributed by atoms with Gasteiger partial charge in [0.1, 0.15) is 0 Å². The van der Waals surface area contributed by atoms with Gasteiger partial charge in [0.05, 0.1) is 16.8 Å². The van der Waals surface area contributed by atoms with Gasteiger partial charge in [-0.25, -0.2) is 0 Å². The Morgan fingerprint density at radius 1 is 1.30 bits per heavy atom. The molecule has 0 saturated heterocycles. The van der Waals surface area contributed by atoms with Crippen LogP contribution in [-0.2, 0) is 23.5 Å². The highest BCUT2D eigenvalue weighted by Gasteiger charge is 2.13. The zero-order valence-corrected chi connectivity index (χ0v) is 14.6. The fourth-order valence-electron chi connectivity index (χ4n) is 2.13. The number of rotatable bonds is 6. The van der Waals surface area contributed by atoms with Crippen LogP contribution in [0.15, 0.2) is 46.7 Å². The summed E-state index contributed by atoms with van der Waals surface area (Å²) in [6.45, 7) is 5.98. The Balaban J connectivity index is 2.12. The monoisotopic (exact) mass is 334 g/mol. The zero-order chi connectivity index (χ0) is 17.0. The Hall–Kier alpha value is -2.15. The molecular weight excluding hydrogens is 312 g/mol. The van der Waals surface area contributed by atoms with Crippen molar-refractivity contribution in [3.63, 3.8) is 0 Å². The number of hydrogen-bond acceptors (Lipinski definition) is 4. The normalized spacial score (nSPS) is 12.7. The minimum atomic E-state index is -3.67. The maximum atomic E-state index is 12.3. The molecule has 124 valence electrons. The molecule has 0 aliphatic heterocycles. The molecule has 0 bridgehead atoms. The molecule has 23 heavy (non-hydrogen) atoms. The van der Waals surface area contributed by atoms with E-state index >= 15 is 0 Å². The van der Waals surface area contributed by atoms with E-state index in [9.17, 15) is 8.42 Å². The van der Waals surface area contributed by atoms with Gasteiger partial charge in [0.15, 0.2) is 0 Å². The highest BCUT2D eigenvalue weighted by Crippen LogP contribution is 2.13. The number of nitrogens with zero attached hydrogens (tertiary/aromatic N) is 3. The van der Waals surface area contributed by atoms with Crippen LogP contribution in [0, 0.1) is 5.92 Å². The van der Waals surface area contributed by atoms with Crippen molar-refractivity contribution >= 4 is 15.7 Å². The van der Waals surface area contributed by atoms with Crippen LogP contribution < -0.4 is 4.83 Å². The lowest BCUT2D eigenvalue weighted by atomic mass is 10.0. The van der Waals surface area contributed by atoms with E-state index in [-0.39, 0.29) is 4.90 Å². The topological polar surface area (TPSA) is 76.3 Å². The third kappa shape index (κ3) is 4.66. The second-order valence-electron chi connectivity index (χ2n) is 5.94. The molecule has 0 radical (unpaired) electrons. The van der Waals surface area contributed by atoms with Crippen molar-refractivity contribution < 1.29 is 8.42 Å². The molecule has 1 heterocycles. The second-order valence-corrected chi connectivity index (χ2v) is 7.60. The van der Waals surface area contributed by atoms with Gasteiger partial charge >= 0.3 is 0 Å². The summed E-state index contributed by atoms with van der Waals surface area (Å²) in [6, 6.07) is 6.89. The van der Waals surface area contributed by atoms with Gasteiger partial charge in [0.2, 0.25) is 0 Å². The van der Waals surface area contributed by atoms with Crippen LogP contribution in [0.5, 0.6) is 0 Å². The van der Waals surface area contributed by atoms with Crippen LogP contribution in [0.3, 0.4) is 0 Å². The molecule has 2 rings (SSSR count). The third-order valence-electron chi connectivity index (χ3n) is 3.33. The minimum absolute atomic E-state index is 0.202. The molecule has 0 saturated carbocycles. The van der Waals surface area contributed by atoms with E-state index in [1.807, 2.05) is 12.1 Å². The molecule has 0 atom stereocenters. The van der Waals surface area contributed by atoms with Crippen LogP contribution in [0.2, 0.25) is 0 Å². The maximum absolute atomic E-state index is 12.3. The van der Waals surface area contributed by atoms with E-state index in [0.29, 0.717) is 11.6 Å². The fourth-order valence-corrected chi connectivity index (χ4v) is 2.99. The highest BCUT2D eigenvalue weighted by molar-refractivity contribution is 7.89. The van der Waals surface area contributed by atoms with E-state index < -0.39 is 10.0 Å². The molecule has 1 aromatic heterocycles. The lowest BCUT2D eigenvalue weighted by Crippen LogP contribution is -2.20. The quantitative estimate of drug-likeness (QED) is 0.650. The Morgan fingerprint density at radius 2 is 1.96 bits per heavy atom. The molecule has 0 fully saturated rings. The molecule has 0 spiro atoms. The first-order valence-electron chi connectivity index (χ1n) is 7.42. The van der Waals surface area contributed by atoms with Crippen LogP contribution in [0.4, 0.5) is 0 Å². The summed E-state index contributed by atoms with van der Waals surface area (Å²) in [5.74, 6) is 0.530. The van der Waals surface area contributed by atoms with Gasteiger partial charge in [0, 0.05) is 18.8 Å². The Kier molecular flexibility index (Phi) is 5.20. The summed E-state index contributed by atoms with van der Waals surface area (Å²) in [4.78, 5) is 2.47. The number of hydrogen-bond donors (Lipinski definition) is 1. The predicted molar refractivity (Wildman–Crippen MR) is 90.7 cm³/mol. The maximum Gasteiger partial charge on any atom is 0.276 e. The molecule has 1 aromatic carbocycles. The zero-order valence-electron chi connectivity index (χ0n) is 13.8. The summed E-state index contributed by atoms with van der Waals surface area (Å²) >= 11 is 0. The SMILES string of the molecule is CC(=NNS(=O)(=O)c1ccc(CC(C)C)cc1)c1cnn(C)c1. The summed E-state index contributed by atoms with van der Waals surface area (Å²) in [6.07, 6.45) is 4.33. The van der Waals surface area contributed by atoms with Crippen LogP contribution >= 0.6 is 0 Å². The van der Waals surface area contributed by atoms with Crippen molar-refractivity contribution in [2.75, 3.05) is 0 Å². The first-order chi connectivity index (χ1) is 10.8. The molecule has 2 aromatic rings. The molecule has 0 aliphatic rings. The van der Waals surface area contributed by atoms with E-state index in [1.54, 1.807) is 43.2 Å². The average Bonchev–Trinajstić information content (AvgIpc) is 2.91. The van der Waals surface area contributed by atoms with Gasteiger partial charge in [-0.1, -0.05) is 26.0 Å². The number of sulfonamides is 1. The van der Waals surface area contributed by atoms with Crippen molar-refractivity contribution in [1.82, 2.24) is 14.6 Å². The first kappa shape index (κ1) is 17.2. The van der Waals surface area contributed by atoms with Gasteiger partial charge in [-0.3, -0.25) is 4.68 Å². The largest absolute Gasteiger partial charge is 0.276 e. The van der Waals surface area contributed by atoms with Gasteiger partial charge < -0.3 is 0 Å². The summed E-state index contributed by atoms with van der Waals surface area (Å²) in [7, 11) is -1.88. The summed E-state index contributed by atoms with van der Waals surface area (Å²) < 4.78 is 26.2. The summed E-state index contributed by atoms with van der Waals surface area (Å²) in [5.41, 5.74) is 2.44. The van der Waals surface area contributed by atoms with Crippen molar-refractivity contribution in [3.8, 4) is 0 Å². The molecule has 7 heteroatoms. The van der Waals surface area contributed by atoms with E-state index in [0.717, 1.165) is 17.5 Å². The van der Waals surface area contributed by atoms with Crippen LogP contribution in [0.25, 0.3) is 0 Å². The van der Waals surface area contributed by atoms with E-state index in [4.69, 9.17) is 0 Å². The number of aryl methyl sites for hydroxylation is 1. The fraction of sp³-hybridized carbons (Fsp3) is 0.375. The minimum Gasteiger partial charge on any atom is -0.275 e. The van der Waals surface area contributed by atoms with Gasteiger partial charge in [0.25, 0.3) is 10.0 Å². The van der Waals surface area contributed by atoms with Crippen molar-refractivity contribution in [3.05, 3.63) is 47.8 Å². The first-order valence-corrected chi connectivity index (χ1v) is 8.90. The Labute approximate surface area is 137 Å². The van der Waals surface area contributed by atoms with Crippen molar-refractivity contribution in [2.45, 2.75) is 32.1 Å². The Bertz CT molecular complexity index is 790. The number of nitrogens with one attached hydrogen (secondary N) is 1. The average molecular weight is 334 g/mol. The second kappa shape index (κ2) is 6.95. The number of aromatic nitrogens is 2. The lowest BCUT2D eigenvalue weighted by Gasteiger charge is -2.07. The molecular formula is C16H22N4O2S. The van der Waals surface area contributed by atoms with E-state index in [1.165, 1.54) is 0 Å². The third-order valence-corrected chi connectivity index (χ3v) is 4.56. The van der Waals surface area contributed by atoms with Crippen molar-refractivity contribution in [1.29, 1.82) is 0 Å². The molecule has 0 amide bonds.